The second-order valence-corrected chi connectivity index (χ2v) is 5.57. The van der Waals surface area contributed by atoms with Crippen molar-refractivity contribution in [2.75, 3.05) is 12.4 Å². The number of amides is 1. The number of fused-ring (bicyclic) bond motifs is 1. The minimum Gasteiger partial charge on any atom is -0.497 e. The number of rotatable bonds is 5. The molecule has 7 nitrogen and oxygen atoms in total. The number of benzene rings is 1. The molecular weight excluding hydrogens is 306 g/mol. The number of carbonyl (C=O) groups excluding carboxylic acids is 1. The molecule has 0 unspecified atom stereocenters. The van der Waals surface area contributed by atoms with Crippen LogP contribution < -0.4 is 10.1 Å². The molecule has 0 atom stereocenters. The summed E-state index contributed by atoms with van der Waals surface area (Å²) in [5.74, 6) is 0.657. The van der Waals surface area contributed by atoms with Gasteiger partial charge in [-0.15, -0.1) is 10.2 Å². The minimum absolute atomic E-state index is 0.0524. The summed E-state index contributed by atoms with van der Waals surface area (Å²) in [4.78, 5) is 12.2. The van der Waals surface area contributed by atoms with Gasteiger partial charge in [-0.2, -0.15) is 5.10 Å². The van der Waals surface area contributed by atoms with Gasteiger partial charge >= 0.3 is 0 Å². The Hall–Kier alpha value is -2.96. The van der Waals surface area contributed by atoms with E-state index in [1.807, 2.05) is 32.0 Å². The molecule has 3 aromatic rings. The largest absolute Gasteiger partial charge is 0.497 e. The van der Waals surface area contributed by atoms with Crippen molar-refractivity contribution in [3.8, 4) is 5.75 Å². The van der Waals surface area contributed by atoms with Gasteiger partial charge in [-0.05, 0) is 38.0 Å². The quantitative estimate of drug-likeness (QED) is 0.778. The lowest BCUT2D eigenvalue weighted by atomic mass is 10.0. The maximum absolute atomic E-state index is 12.2. The molecule has 0 spiro atoms. The van der Waals surface area contributed by atoms with Crippen molar-refractivity contribution < 1.29 is 9.53 Å². The molecule has 0 saturated heterocycles. The van der Waals surface area contributed by atoms with Gasteiger partial charge < -0.3 is 10.1 Å². The first kappa shape index (κ1) is 15.9. The van der Waals surface area contributed by atoms with E-state index in [0.29, 0.717) is 18.6 Å². The zero-order chi connectivity index (χ0) is 17.1. The highest BCUT2D eigenvalue weighted by Crippen LogP contribution is 2.19. The summed E-state index contributed by atoms with van der Waals surface area (Å²) in [5, 5.41) is 15.3. The highest BCUT2D eigenvalue weighted by Gasteiger charge is 2.13. The molecule has 1 amide bonds. The Labute approximate surface area is 139 Å². The first-order chi connectivity index (χ1) is 11.6. The van der Waals surface area contributed by atoms with Gasteiger partial charge in [0.05, 0.1) is 12.8 Å². The van der Waals surface area contributed by atoms with Crippen LogP contribution in [0.1, 0.15) is 23.2 Å². The number of carbonyl (C=O) groups is 1. The predicted octanol–water partition coefficient (Wildman–Crippen LogP) is 2.32. The van der Waals surface area contributed by atoms with Crippen LogP contribution >= 0.6 is 0 Å². The molecule has 0 fully saturated rings. The summed E-state index contributed by atoms with van der Waals surface area (Å²) in [6.07, 6.45) is 2.54. The van der Waals surface area contributed by atoms with Crippen LogP contribution in [-0.2, 0) is 11.2 Å². The molecule has 3 rings (SSSR count). The molecule has 0 aliphatic heterocycles. The molecule has 7 heteroatoms. The van der Waals surface area contributed by atoms with Gasteiger partial charge in [-0.3, -0.25) is 4.79 Å². The minimum atomic E-state index is -0.0524. The zero-order valence-electron chi connectivity index (χ0n) is 13.9. The average Bonchev–Trinajstić information content (AvgIpc) is 3.03. The number of methoxy groups -OCH3 is 1. The molecule has 2 heterocycles. The lowest BCUT2D eigenvalue weighted by molar-refractivity contribution is -0.116. The summed E-state index contributed by atoms with van der Waals surface area (Å²) in [5.41, 5.74) is 4.38. The third-order valence-electron chi connectivity index (χ3n) is 3.97. The fraction of sp³-hybridized carbons (Fsp3) is 0.294. The number of hydrogen-bond donors (Lipinski definition) is 1. The Morgan fingerprint density at radius 1 is 1.33 bits per heavy atom. The standard InChI is InChI=1S/C17H19N5O2/c1-11-15(12(2)21-22-10-18-20-17(11)22)7-8-16(23)19-13-5-4-6-14(9-13)24-3/h4-6,9-10H,7-8H2,1-3H3,(H,19,23). The van der Waals surface area contributed by atoms with Gasteiger partial charge in [0, 0.05) is 23.7 Å². The second kappa shape index (κ2) is 6.66. The number of aromatic nitrogens is 4. The fourth-order valence-corrected chi connectivity index (χ4v) is 2.71. The molecular formula is C17H19N5O2. The van der Waals surface area contributed by atoms with E-state index in [-0.39, 0.29) is 5.91 Å². The Morgan fingerprint density at radius 3 is 2.96 bits per heavy atom. The SMILES string of the molecule is COc1cccc(NC(=O)CCc2c(C)nn3cnnc3c2C)c1. The smallest absolute Gasteiger partial charge is 0.224 e. The van der Waals surface area contributed by atoms with E-state index in [0.717, 1.165) is 28.2 Å². The van der Waals surface area contributed by atoms with Gasteiger partial charge in [-0.25, -0.2) is 4.52 Å². The average molecular weight is 325 g/mol. The fourth-order valence-electron chi connectivity index (χ4n) is 2.71. The van der Waals surface area contributed by atoms with Crippen LogP contribution in [0.5, 0.6) is 5.75 Å². The summed E-state index contributed by atoms with van der Waals surface area (Å²) in [6, 6.07) is 7.30. The second-order valence-electron chi connectivity index (χ2n) is 5.57. The van der Waals surface area contributed by atoms with Gasteiger partial charge in [0.15, 0.2) is 5.65 Å². The molecule has 24 heavy (non-hydrogen) atoms. The van der Waals surface area contributed by atoms with Crippen molar-refractivity contribution in [3.05, 3.63) is 47.4 Å². The van der Waals surface area contributed by atoms with Crippen molar-refractivity contribution in [1.29, 1.82) is 0 Å². The first-order valence-electron chi connectivity index (χ1n) is 7.68. The van der Waals surface area contributed by atoms with E-state index in [4.69, 9.17) is 4.74 Å². The summed E-state index contributed by atoms with van der Waals surface area (Å²) < 4.78 is 6.81. The van der Waals surface area contributed by atoms with Gasteiger partial charge in [0.1, 0.15) is 12.1 Å². The molecule has 0 radical (unpaired) electrons. The van der Waals surface area contributed by atoms with E-state index in [1.165, 1.54) is 0 Å². The topological polar surface area (TPSA) is 81.4 Å². The molecule has 2 aromatic heterocycles. The Bertz CT molecular complexity index is 888. The number of ether oxygens (including phenoxy) is 1. The van der Waals surface area contributed by atoms with Crippen LogP contribution in [0.2, 0.25) is 0 Å². The molecule has 1 aromatic carbocycles. The summed E-state index contributed by atoms with van der Waals surface area (Å²) in [6.45, 7) is 3.91. The van der Waals surface area contributed by atoms with Crippen LogP contribution in [0, 0.1) is 13.8 Å². The number of hydrogen-bond acceptors (Lipinski definition) is 5. The monoisotopic (exact) mass is 325 g/mol. The molecule has 0 aliphatic carbocycles. The van der Waals surface area contributed by atoms with Crippen molar-refractivity contribution in [2.24, 2.45) is 0 Å². The van der Waals surface area contributed by atoms with E-state index >= 15 is 0 Å². The molecule has 124 valence electrons. The third kappa shape index (κ3) is 3.19. The number of nitrogens with one attached hydrogen (secondary N) is 1. The Kier molecular flexibility index (Phi) is 4.41. The van der Waals surface area contributed by atoms with Crippen molar-refractivity contribution in [3.63, 3.8) is 0 Å². The van der Waals surface area contributed by atoms with E-state index in [2.05, 4.69) is 20.6 Å². The van der Waals surface area contributed by atoms with Gasteiger partial charge in [0.2, 0.25) is 5.91 Å². The first-order valence-corrected chi connectivity index (χ1v) is 7.68. The van der Waals surface area contributed by atoms with Crippen molar-refractivity contribution >= 4 is 17.2 Å². The zero-order valence-corrected chi connectivity index (χ0v) is 13.9. The normalized spacial score (nSPS) is 10.8. The highest BCUT2D eigenvalue weighted by atomic mass is 16.5. The van der Waals surface area contributed by atoms with Gasteiger partial charge in [0.25, 0.3) is 0 Å². The van der Waals surface area contributed by atoms with Crippen LogP contribution in [-0.4, -0.2) is 32.8 Å². The molecule has 1 N–H and O–H groups in total. The van der Waals surface area contributed by atoms with Crippen molar-refractivity contribution in [1.82, 2.24) is 19.8 Å². The number of aryl methyl sites for hydroxylation is 2. The lowest BCUT2D eigenvalue weighted by Gasteiger charge is -2.10. The summed E-state index contributed by atoms with van der Waals surface area (Å²) >= 11 is 0. The van der Waals surface area contributed by atoms with Gasteiger partial charge in [-0.1, -0.05) is 6.07 Å². The molecule has 0 aliphatic rings. The number of nitrogens with zero attached hydrogens (tertiary/aromatic N) is 4. The van der Waals surface area contributed by atoms with E-state index in [1.54, 1.807) is 24.0 Å². The van der Waals surface area contributed by atoms with Crippen LogP contribution in [0.4, 0.5) is 5.69 Å². The summed E-state index contributed by atoms with van der Waals surface area (Å²) in [7, 11) is 1.60. The highest BCUT2D eigenvalue weighted by molar-refractivity contribution is 5.91. The Morgan fingerprint density at radius 2 is 2.17 bits per heavy atom. The number of anilines is 1. The lowest BCUT2D eigenvalue weighted by Crippen LogP contribution is -2.14. The maximum atomic E-state index is 12.2. The van der Waals surface area contributed by atoms with E-state index < -0.39 is 0 Å². The Balaban J connectivity index is 1.70. The molecule has 0 bridgehead atoms. The van der Waals surface area contributed by atoms with Crippen LogP contribution in [0.15, 0.2) is 30.6 Å². The van der Waals surface area contributed by atoms with Crippen LogP contribution in [0.3, 0.4) is 0 Å². The predicted molar refractivity (Wildman–Crippen MR) is 90.2 cm³/mol. The third-order valence-corrected chi connectivity index (χ3v) is 3.97. The van der Waals surface area contributed by atoms with Crippen LogP contribution in [0.25, 0.3) is 5.65 Å². The van der Waals surface area contributed by atoms with Crippen molar-refractivity contribution in [2.45, 2.75) is 26.7 Å². The molecule has 0 saturated carbocycles. The van der Waals surface area contributed by atoms with E-state index in [9.17, 15) is 4.79 Å². The maximum Gasteiger partial charge on any atom is 0.224 e.